The van der Waals surface area contributed by atoms with E-state index in [0.717, 1.165) is 5.56 Å². The first kappa shape index (κ1) is 15.6. The Morgan fingerprint density at radius 2 is 1.71 bits per heavy atom. The van der Waals surface area contributed by atoms with Crippen LogP contribution in [0.3, 0.4) is 0 Å². The van der Waals surface area contributed by atoms with Gasteiger partial charge in [-0.15, -0.1) is 0 Å². The number of hydrogen-bond donors (Lipinski definition) is 3. The predicted molar refractivity (Wildman–Crippen MR) is 84.9 cm³/mol. The van der Waals surface area contributed by atoms with E-state index in [-0.39, 0.29) is 11.7 Å². The smallest absolute Gasteiger partial charge is 0.241 e. The minimum absolute atomic E-state index is 0.172. The number of anilines is 1. The van der Waals surface area contributed by atoms with E-state index in [0.29, 0.717) is 22.2 Å². The van der Waals surface area contributed by atoms with Crippen LogP contribution in [0.4, 0.5) is 5.69 Å². The van der Waals surface area contributed by atoms with E-state index in [4.69, 9.17) is 28.9 Å². The summed E-state index contributed by atoms with van der Waals surface area (Å²) in [6.45, 7) is 0. The Balaban J connectivity index is 2.00. The number of hydrogen-bond acceptors (Lipinski definition) is 3. The molecule has 0 aliphatic rings. The van der Waals surface area contributed by atoms with Crippen LogP contribution in [0.5, 0.6) is 5.75 Å². The largest absolute Gasteiger partial charge is 0.508 e. The third kappa shape index (κ3) is 4.63. The molecule has 0 bridgehead atoms. The summed E-state index contributed by atoms with van der Waals surface area (Å²) in [5, 5.41) is 12.8. The maximum atomic E-state index is 12.0. The Labute approximate surface area is 132 Å². The average molecular weight is 325 g/mol. The van der Waals surface area contributed by atoms with Gasteiger partial charge in [0.05, 0.1) is 6.04 Å². The number of carbonyl (C=O) groups excluding carboxylic acids is 1. The van der Waals surface area contributed by atoms with Gasteiger partial charge in [-0.2, -0.15) is 0 Å². The molecule has 0 fully saturated rings. The van der Waals surface area contributed by atoms with Gasteiger partial charge < -0.3 is 16.2 Å². The second-order valence-electron chi connectivity index (χ2n) is 4.62. The third-order valence-corrected chi connectivity index (χ3v) is 3.30. The SMILES string of the molecule is NC(Cc1ccc(O)cc1)C(=O)Nc1cc(Cl)cc(Cl)c1. The van der Waals surface area contributed by atoms with E-state index in [1.807, 2.05) is 0 Å². The average Bonchev–Trinajstić information content (AvgIpc) is 2.40. The van der Waals surface area contributed by atoms with Gasteiger partial charge in [0.15, 0.2) is 0 Å². The van der Waals surface area contributed by atoms with Crippen molar-refractivity contribution < 1.29 is 9.90 Å². The third-order valence-electron chi connectivity index (χ3n) is 2.86. The number of phenols is 1. The highest BCUT2D eigenvalue weighted by Gasteiger charge is 2.14. The van der Waals surface area contributed by atoms with Crippen LogP contribution >= 0.6 is 23.2 Å². The number of benzene rings is 2. The highest BCUT2D eigenvalue weighted by atomic mass is 35.5. The number of rotatable bonds is 4. The first-order valence-electron chi connectivity index (χ1n) is 6.24. The first-order chi connectivity index (χ1) is 9.94. The van der Waals surface area contributed by atoms with Crippen LogP contribution in [-0.4, -0.2) is 17.1 Å². The van der Waals surface area contributed by atoms with Crippen molar-refractivity contribution in [2.75, 3.05) is 5.32 Å². The Hall–Kier alpha value is -1.75. The summed E-state index contributed by atoms with van der Waals surface area (Å²) in [7, 11) is 0. The fourth-order valence-corrected chi connectivity index (χ4v) is 2.37. The maximum Gasteiger partial charge on any atom is 0.241 e. The molecule has 4 N–H and O–H groups in total. The van der Waals surface area contributed by atoms with E-state index in [1.165, 1.54) is 0 Å². The standard InChI is InChI=1S/C15H14Cl2N2O2/c16-10-6-11(17)8-12(7-10)19-15(21)14(18)5-9-1-3-13(20)4-2-9/h1-4,6-8,14,20H,5,18H2,(H,19,21). The zero-order valence-corrected chi connectivity index (χ0v) is 12.5. The normalized spacial score (nSPS) is 12.0. The zero-order valence-electron chi connectivity index (χ0n) is 11.0. The molecule has 2 aromatic rings. The molecule has 110 valence electrons. The molecule has 0 saturated heterocycles. The molecule has 1 unspecified atom stereocenters. The number of nitrogens with two attached hydrogens (primary N) is 1. The van der Waals surface area contributed by atoms with E-state index in [2.05, 4.69) is 5.32 Å². The molecule has 21 heavy (non-hydrogen) atoms. The first-order valence-corrected chi connectivity index (χ1v) is 7.00. The summed E-state index contributed by atoms with van der Waals surface area (Å²) in [6, 6.07) is 10.6. The lowest BCUT2D eigenvalue weighted by Gasteiger charge is -2.13. The van der Waals surface area contributed by atoms with Crippen molar-refractivity contribution >= 4 is 34.8 Å². The molecule has 0 aliphatic heterocycles. The fraction of sp³-hybridized carbons (Fsp3) is 0.133. The van der Waals surface area contributed by atoms with Crippen LogP contribution in [0.15, 0.2) is 42.5 Å². The highest BCUT2D eigenvalue weighted by Crippen LogP contribution is 2.22. The lowest BCUT2D eigenvalue weighted by atomic mass is 10.1. The Bertz CT molecular complexity index is 624. The second-order valence-corrected chi connectivity index (χ2v) is 5.50. The van der Waals surface area contributed by atoms with E-state index in [1.54, 1.807) is 42.5 Å². The van der Waals surface area contributed by atoms with Crippen molar-refractivity contribution in [1.82, 2.24) is 0 Å². The van der Waals surface area contributed by atoms with Crippen molar-refractivity contribution in [3.05, 3.63) is 58.1 Å². The van der Waals surface area contributed by atoms with Crippen molar-refractivity contribution in [2.45, 2.75) is 12.5 Å². The van der Waals surface area contributed by atoms with Crippen LogP contribution in [0.2, 0.25) is 10.0 Å². The molecule has 0 heterocycles. The zero-order chi connectivity index (χ0) is 15.4. The van der Waals surface area contributed by atoms with Crippen LogP contribution in [0.25, 0.3) is 0 Å². The van der Waals surface area contributed by atoms with E-state index < -0.39 is 6.04 Å². The summed E-state index contributed by atoms with van der Waals surface area (Å²) in [5.74, 6) is -0.160. The molecule has 4 nitrogen and oxygen atoms in total. The maximum absolute atomic E-state index is 12.0. The minimum atomic E-state index is -0.715. The van der Waals surface area contributed by atoms with Crippen molar-refractivity contribution in [2.24, 2.45) is 5.73 Å². The topological polar surface area (TPSA) is 75.3 Å². The summed E-state index contributed by atoms with van der Waals surface area (Å²) in [6.07, 6.45) is 0.362. The molecule has 0 radical (unpaired) electrons. The van der Waals surface area contributed by atoms with Crippen molar-refractivity contribution in [1.29, 1.82) is 0 Å². The lowest BCUT2D eigenvalue weighted by Crippen LogP contribution is -2.37. The van der Waals surface area contributed by atoms with Gasteiger partial charge in [0.1, 0.15) is 5.75 Å². The van der Waals surface area contributed by atoms with Gasteiger partial charge in [-0.05, 0) is 42.3 Å². The molecule has 0 spiro atoms. The monoisotopic (exact) mass is 324 g/mol. The van der Waals surface area contributed by atoms with Crippen LogP contribution in [0, 0.1) is 0 Å². The van der Waals surface area contributed by atoms with Gasteiger partial charge in [-0.25, -0.2) is 0 Å². The summed E-state index contributed by atoms with van der Waals surface area (Å²) in [4.78, 5) is 12.0. The molecule has 1 amide bonds. The molecular weight excluding hydrogens is 311 g/mol. The van der Waals surface area contributed by atoms with Gasteiger partial charge in [-0.1, -0.05) is 35.3 Å². The molecule has 2 rings (SSSR count). The van der Waals surface area contributed by atoms with Gasteiger partial charge in [0.25, 0.3) is 0 Å². The fourth-order valence-electron chi connectivity index (χ4n) is 1.84. The number of nitrogens with one attached hydrogen (secondary N) is 1. The van der Waals surface area contributed by atoms with Gasteiger partial charge >= 0.3 is 0 Å². The highest BCUT2D eigenvalue weighted by molar-refractivity contribution is 6.35. The van der Waals surface area contributed by atoms with Gasteiger partial charge in [-0.3, -0.25) is 4.79 Å². The molecule has 0 saturated carbocycles. The van der Waals surface area contributed by atoms with E-state index in [9.17, 15) is 9.90 Å². The molecule has 0 aliphatic carbocycles. The molecule has 6 heteroatoms. The Morgan fingerprint density at radius 3 is 2.29 bits per heavy atom. The minimum Gasteiger partial charge on any atom is -0.508 e. The predicted octanol–water partition coefficient (Wildman–Crippen LogP) is 3.21. The van der Waals surface area contributed by atoms with Crippen molar-refractivity contribution in [3.8, 4) is 5.75 Å². The number of amides is 1. The number of phenolic OH excluding ortho intramolecular Hbond substituents is 1. The lowest BCUT2D eigenvalue weighted by molar-refractivity contribution is -0.117. The van der Waals surface area contributed by atoms with Crippen molar-refractivity contribution in [3.63, 3.8) is 0 Å². The Kier molecular flexibility index (Phi) is 5.07. The summed E-state index contributed by atoms with van der Waals surface area (Å²) in [5.41, 5.74) is 7.23. The van der Waals surface area contributed by atoms with Crippen LogP contribution in [-0.2, 0) is 11.2 Å². The number of aromatic hydroxyl groups is 1. The van der Waals surface area contributed by atoms with Gasteiger partial charge in [0, 0.05) is 15.7 Å². The van der Waals surface area contributed by atoms with Gasteiger partial charge in [0.2, 0.25) is 5.91 Å². The molecule has 2 aromatic carbocycles. The Morgan fingerprint density at radius 1 is 1.14 bits per heavy atom. The quantitative estimate of drug-likeness (QED) is 0.808. The number of carbonyl (C=O) groups is 1. The molecule has 1 atom stereocenters. The van der Waals surface area contributed by atoms with E-state index >= 15 is 0 Å². The second kappa shape index (κ2) is 6.80. The van der Waals surface area contributed by atoms with Crippen LogP contribution < -0.4 is 11.1 Å². The number of halogens is 2. The molecule has 0 aromatic heterocycles. The molecular formula is C15H14Cl2N2O2. The summed E-state index contributed by atoms with van der Waals surface area (Å²) < 4.78 is 0. The summed E-state index contributed by atoms with van der Waals surface area (Å²) >= 11 is 11.7. The van der Waals surface area contributed by atoms with Crippen LogP contribution in [0.1, 0.15) is 5.56 Å².